The maximum absolute atomic E-state index is 13.0. The van der Waals surface area contributed by atoms with Gasteiger partial charge in [-0.2, -0.15) is 0 Å². The maximum Gasteiger partial charge on any atom is 0.159 e. The monoisotopic (exact) mass is 284 g/mol. The second kappa shape index (κ2) is 6.37. The average molecular weight is 284 g/mol. The smallest absolute Gasteiger partial charge is 0.159 e. The van der Waals surface area contributed by atoms with Gasteiger partial charge in [0.1, 0.15) is 0 Å². The standard InChI is InChI=1S/C14H18F2N2S/c1-9(2)5-11-8-18-14(19-11)17-7-10-3-4-12(15)13(16)6-10/h3-4,6,9,11H,5,7-8H2,1-2H3,(H,17,18). The SMILES string of the molecule is CC(C)CC1CN=C(NCc2ccc(F)c(F)c2)S1. The van der Waals surface area contributed by atoms with Gasteiger partial charge in [0.25, 0.3) is 0 Å². The first-order valence-corrected chi connectivity index (χ1v) is 7.31. The highest BCUT2D eigenvalue weighted by atomic mass is 32.2. The Morgan fingerprint density at radius 2 is 2.16 bits per heavy atom. The van der Waals surface area contributed by atoms with Crippen LogP contribution in [0.1, 0.15) is 25.8 Å². The molecular formula is C14H18F2N2S. The molecule has 1 aromatic rings. The largest absolute Gasteiger partial charge is 0.361 e. The van der Waals surface area contributed by atoms with Crippen molar-refractivity contribution in [2.45, 2.75) is 32.1 Å². The Balaban J connectivity index is 1.82. The Labute approximate surface area is 116 Å². The van der Waals surface area contributed by atoms with Gasteiger partial charge in [0, 0.05) is 11.8 Å². The van der Waals surface area contributed by atoms with E-state index in [0.29, 0.717) is 17.7 Å². The highest BCUT2D eigenvalue weighted by Gasteiger charge is 2.20. The minimum atomic E-state index is -0.812. The summed E-state index contributed by atoms with van der Waals surface area (Å²) in [6.07, 6.45) is 1.14. The van der Waals surface area contributed by atoms with Crippen molar-refractivity contribution in [2.75, 3.05) is 6.54 Å². The lowest BCUT2D eigenvalue weighted by Crippen LogP contribution is -2.19. The summed E-state index contributed by atoms with van der Waals surface area (Å²) in [5.41, 5.74) is 0.717. The second-order valence-corrected chi connectivity index (χ2v) is 6.41. The quantitative estimate of drug-likeness (QED) is 0.914. The fourth-order valence-electron chi connectivity index (χ4n) is 1.99. The van der Waals surface area contributed by atoms with Crippen LogP contribution in [0.2, 0.25) is 0 Å². The van der Waals surface area contributed by atoms with Crippen LogP contribution in [0.15, 0.2) is 23.2 Å². The molecular weight excluding hydrogens is 266 g/mol. The molecule has 5 heteroatoms. The molecule has 0 bridgehead atoms. The highest BCUT2D eigenvalue weighted by molar-refractivity contribution is 8.14. The van der Waals surface area contributed by atoms with Crippen molar-refractivity contribution >= 4 is 16.9 Å². The molecule has 0 radical (unpaired) electrons. The number of halogens is 2. The van der Waals surface area contributed by atoms with E-state index in [1.807, 2.05) is 0 Å². The number of amidine groups is 1. The first-order chi connectivity index (χ1) is 9.04. The van der Waals surface area contributed by atoms with E-state index in [-0.39, 0.29) is 0 Å². The van der Waals surface area contributed by atoms with Crippen molar-refractivity contribution in [3.63, 3.8) is 0 Å². The van der Waals surface area contributed by atoms with Gasteiger partial charge in [0.15, 0.2) is 16.8 Å². The van der Waals surface area contributed by atoms with E-state index < -0.39 is 11.6 Å². The molecule has 2 rings (SSSR count). The third kappa shape index (κ3) is 4.20. The van der Waals surface area contributed by atoms with Crippen LogP contribution in [0, 0.1) is 17.6 Å². The predicted molar refractivity (Wildman–Crippen MR) is 76.3 cm³/mol. The average Bonchev–Trinajstić information content (AvgIpc) is 2.77. The second-order valence-electron chi connectivity index (χ2n) is 5.12. The molecule has 1 N–H and O–H groups in total. The summed E-state index contributed by atoms with van der Waals surface area (Å²) in [5.74, 6) is -0.954. The molecule has 1 aromatic carbocycles. The van der Waals surface area contributed by atoms with Crippen molar-refractivity contribution in [1.29, 1.82) is 0 Å². The van der Waals surface area contributed by atoms with Gasteiger partial charge in [-0.1, -0.05) is 31.7 Å². The van der Waals surface area contributed by atoms with E-state index in [2.05, 4.69) is 24.2 Å². The lowest BCUT2D eigenvalue weighted by molar-refractivity contribution is 0.507. The minimum Gasteiger partial charge on any atom is -0.361 e. The van der Waals surface area contributed by atoms with Crippen LogP contribution in [-0.4, -0.2) is 17.0 Å². The highest BCUT2D eigenvalue weighted by Crippen LogP contribution is 2.25. The molecule has 1 aliphatic heterocycles. The van der Waals surface area contributed by atoms with E-state index in [1.54, 1.807) is 17.8 Å². The third-order valence-corrected chi connectivity index (χ3v) is 4.05. The molecule has 2 nitrogen and oxygen atoms in total. The maximum atomic E-state index is 13.0. The van der Waals surface area contributed by atoms with E-state index >= 15 is 0 Å². The molecule has 0 spiro atoms. The molecule has 104 valence electrons. The number of rotatable bonds is 4. The zero-order chi connectivity index (χ0) is 13.8. The van der Waals surface area contributed by atoms with Crippen LogP contribution >= 0.6 is 11.8 Å². The van der Waals surface area contributed by atoms with Crippen molar-refractivity contribution in [3.05, 3.63) is 35.4 Å². The fraction of sp³-hybridized carbons (Fsp3) is 0.500. The molecule has 0 fully saturated rings. The van der Waals surface area contributed by atoms with Gasteiger partial charge in [0.05, 0.1) is 6.54 Å². The first kappa shape index (κ1) is 14.3. The van der Waals surface area contributed by atoms with Crippen molar-refractivity contribution in [3.8, 4) is 0 Å². The Morgan fingerprint density at radius 1 is 1.37 bits per heavy atom. The van der Waals surface area contributed by atoms with Crippen LogP contribution < -0.4 is 5.32 Å². The Kier molecular flexibility index (Phi) is 4.80. The molecule has 1 heterocycles. The summed E-state index contributed by atoms with van der Waals surface area (Å²) in [6.45, 7) is 5.71. The lowest BCUT2D eigenvalue weighted by Gasteiger charge is -2.11. The van der Waals surface area contributed by atoms with Crippen LogP contribution in [0.25, 0.3) is 0 Å². The zero-order valence-corrected chi connectivity index (χ0v) is 11.9. The molecule has 0 amide bonds. The normalized spacial score (nSPS) is 18.8. The van der Waals surface area contributed by atoms with Gasteiger partial charge in [-0.3, -0.25) is 4.99 Å². The lowest BCUT2D eigenvalue weighted by atomic mass is 10.1. The Morgan fingerprint density at radius 3 is 2.84 bits per heavy atom. The number of hydrogen-bond acceptors (Lipinski definition) is 3. The molecule has 19 heavy (non-hydrogen) atoms. The summed E-state index contributed by atoms with van der Waals surface area (Å²) < 4.78 is 25.8. The van der Waals surface area contributed by atoms with Gasteiger partial charge < -0.3 is 5.32 Å². The summed E-state index contributed by atoms with van der Waals surface area (Å²) in [7, 11) is 0. The van der Waals surface area contributed by atoms with Gasteiger partial charge in [-0.05, 0) is 30.0 Å². The number of nitrogens with zero attached hydrogens (tertiary/aromatic N) is 1. The van der Waals surface area contributed by atoms with Crippen molar-refractivity contribution in [2.24, 2.45) is 10.9 Å². The fourth-order valence-corrected chi connectivity index (χ4v) is 3.24. The van der Waals surface area contributed by atoms with Crippen molar-refractivity contribution in [1.82, 2.24) is 5.32 Å². The number of aliphatic imine (C=N–C) groups is 1. The molecule has 1 unspecified atom stereocenters. The summed E-state index contributed by atoms with van der Waals surface area (Å²) in [4.78, 5) is 4.43. The number of hydrogen-bond donors (Lipinski definition) is 1. The van der Waals surface area contributed by atoms with Gasteiger partial charge in [-0.15, -0.1) is 0 Å². The molecule has 1 atom stereocenters. The van der Waals surface area contributed by atoms with E-state index in [0.717, 1.165) is 29.8 Å². The molecule has 0 aliphatic carbocycles. The molecule has 0 aromatic heterocycles. The number of benzene rings is 1. The summed E-state index contributed by atoms with van der Waals surface area (Å²) in [5, 5.41) is 4.60. The van der Waals surface area contributed by atoms with Gasteiger partial charge >= 0.3 is 0 Å². The molecule has 0 saturated carbocycles. The minimum absolute atomic E-state index is 0.470. The van der Waals surface area contributed by atoms with Crippen LogP contribution in [-0.2, 0) is 6.54 Å². The van der Waals surface area contributed by atoms with E-state index in [9.17, 15) is 8.78 Å². The number of thioether (sulfide) groups is 1. The zero-order valence-electron chi connectivity index (χ0n) is 11.1. The third-order valence-electron chi connectivity index (χ3n) is 2.88. The Hall–Kier alpha value is -1.10. The van der Waals surface area contributed by atoms with Crippen LogP contribution in [0.3, 0.4) is 0 Å². The predicted octanol–water partition coefficient (Wildman–Crippen LogP) is 3.57. The summed E-state index contributed by atoms with van der Waals surface area (Å²) >= 11 is 1.74. The van der Waals surface area contributed by atoms with Crippen molar-refractivity contribution < 1.29 is 8.78 Å². The molecule has 0 saturated heterocycles. The summed E-state index contributed by atoms with van der Waals surface area (Å²) in [6, 6.07) is 3.95. The van der Waals surface area contributed by atoms with E-state index in [1.165, 1.54) is 6.07 Å². The van der Waals surface area contributed by atoms with Crippen LogP contribution in [0.5, 0.6) is 0 Å². The van der Waals surface area contributed by atoms with Crippen LogP contribution in [0.4, 0.5) is 8.78 Å². The van der Waals surface area contributed by atoms with Gasteiger partial charge in [-0.25, -0.2) is 8.78 Å². The topological polar surface area (TPSA) is 24.4 Å². The van der Waals surface area contributed by atoms with E-state index in [4.69, 9.17) is 0 Å². The Bertz CT molecular complexity index is 475. The van der Waals surface area contributed by atoms with Gasteiger partial charge in [0.2, 0.25) is 0 Å². The first-order valence-electron chi connectivity index (χ1n) is 6.43. The number of nitrogens with one attached hydrogen (secondary N) is 1. The molecule has 1 aliphatic rings.